The van der Waals surface area contributed by atoms with E-state index in [9.17, 15) is 9.59 Å². The lowest BCUT2D eigenvalue weighted by Gasteiger charge is -2.31. The maximum absolute atomic E-state index is 12.3. The second kappa shape index (κ2) is 6.38. The van der Waals surface area contributed by atoms with Gasteiger partial charge in [-0.1, -0.05) is 0 Å². The zero-order chi connectivity index (χ0) is 15.4. The number of ether oxygens (including phenoxy) is 1. The van der Waals surface area contributed by atoms with Gasteiger partial charge in [0.05, 0.1) is 6.20 Å². The lowest BCUT2D eigenvalue weighted by atomic mass is 10.1. The standard InChI is InChI=1S/C15H16N4O3/c20-14-4-3-13(17-18-14)15(21)19-8-5-11(6-9-19)22-12-2-1-7-16-10-12/h1-4,7,10-11H,5-6,8-9H2,(H,18,20). The summed E-state index contributed by atoms with van der Waals surface area (Å²) < 4.78 is 5.84. The molecule has 7 heteroatoms. The maximum atomic E-state index is 12.3. The third-order valence-electron chi connectivity index (χ3n) is 3.56. The van der Waals surface area contributed by atoms with Crippen molar-refractivity contribution < 1.29 is 9.53 Å². The highest BCUT2D eigenvalue weighted by Gasteiger charge is 2.25. The number of rotatable bonds is 3. The minimum absolute atomic E-state index is 0.0804. The number of hydrogen-bond donors (Lipinski definition) is 1. The zero-order valence-corrected chi connectivity index (χ0v) is 11.9. The third kappa shape index (κ3) is 3.30. The molecule has 2 aromatic rings. The minimum atomic E-state index is -0.319. The van der Waals surface area contributed by atoms with Crippen molar-refractivity contribution >= 4 is 5.91 Å². The molecule has 1 amide bonds. The molecule has 1 N–H and O–H groups in total. The first-order valence-electron chi connectivity index (χ1n) is 7.14. The third-order valence-corrected chi connectivity index (χ3v) is 3.56. The van der Waals surface area contributed by atoms with Gasteiger partial charge in [-0.2, -0.15) is 5.10 Å². The highest BCUT2D eigenvalue weighted by molar-refractivity contribution is 5.92. The van der Waals surface area contributed by atoms with Crippen LogP contribution in [-0.4, -0.2) is 45.2 Å². The van der Waals surface area contributed by atoms with Crippen molar-refractivity contribution in [1.82, 2.24) is 20.1 Å². The Balaban J connectivity index is 1.56. The van der Waals surface area contributed by atoms with Crippen molar-refractivity contribution in [3.05, 3.63) is 52.7 Å². The number of likely N-dealkylation sites (tertiary alicyclic amines) is 1. The molecule has 0 saturated carbocycles. The molecule has 0 bridgehead atoms. The van der Waals surface area contributed by atoms with Crippen LogP contribution in [0.25, 0.3) is 0 Å². The van der Waals surface area contributed by atoms with Gasteiger partial charge in [-0.05, 0) is 18.2 Å². The number of aromatic amines is 1. The Morgan fingerprint density at radius 1 is 1.27 bits per heavy atom. The van der Waals surface area contributed by atoms with Crippen molar-refractivity contribution in [2.24, 2.45) is 0 Å². The molecule has 1 fully saturated rings. The van der Waals surface area contributed by atoms with Crippen LogP contribution < -0.4 is 10.3 Å². The van der Waals surface area contributed by atoms with E-state index in [1.165, 1.54) is 12.1 Å². The Hall–Kier alpha value is -2.70. The topological polar surface area (TPSA) is 88.2 Å². The number of nitrogens with zero attached hydrogens (tertiary/aromatic N) is 3. The van der Waals surface area contributed by atoms with Gasteiger partial charge in [0.1, 0.15) is 17.5 Å². The fraction of sp³-hybridized carbons (Fsp3) is 0.333. The van der Waals surface area contributed by atoms with Crippen molar-refractivity contribution in [3.8, 4) is 5.75 Å². The molecule has 0 atom stereocenters. The van der Waals surface area contributed by atoms with Gasteiger partial charge in [0.2, 0.25) is 0 Å². The first-order valence-corrected chi connectivity index (χ1v) is 7.14. The quantitative estimate of drug-likeness (QED) is 0.908. The molecule has 0 unspecified atom stereocenters. The monoisotopic (exact) mass is 300 g/mol. The normalized spacial score (nSPS) is 15.5. The van der Waals surface area contributed by atoms with Crippen LogP contribution in [0.3, 0.4) is 0 Å². The Morgan fingerprint density at radius 2 is 2.09 bits per heavy atom. The average molecular weight is 300 g/mol. The van der Waals surface area contributed by atoms with Crippen LogP contribution in [0.15, 0.2) is 41.5 Å². The van der Waals surface area contributed by atoms with Crippen LogP contribution in [0.5, 0.6) is 5.75 Å². The van der Waals surface area contributed by atoms with Crippen LogP contribution in [0.1, 0.15) is 23.3 Å². The van der Waals surface area contributed by atoms with E-state index in [1.807, 2.05) is 12.1 Å². The Labute approximate surface area is 126 Å². The Bertz CT molecular complexity index is 673. The smallest absolute Gasteiger partial charge is 0.274 e. The molecule has 7 nitrogen and oxygen atoms in total. The molecule has 0 aromatic carbocycles. The van der Waals surface area contributed by atoms with Gasteiger partial charge in [0, 0.05) is 38.2 Å². The SMILES string of the molecule is O=C(c1ccc(=O)[nH]n1)N1CCC(Oc2cccnc2)CC1. The van der Waals surface area contributed by atoms with E-state index < -0.39 is 0 Å². The van der Waals surface area contributed by atoms with Gasteiger partial charge in [0.25, 0.3) is 11.5 Å². The summed E-state index contributed by atoms with van der Waals surface area (Å²) in [5.41, 5.74) is -0.0636. The molecule has 1 aliphatic heterocycles. The fourth-order valence-electron chi connectivity index (χ4n) is 2.41. The van der Waals surface area contributed by atoms with Crippen LogP contribution in [0.4, 0.5) is 0 Å². The summed E-state index contributed by atoms with van der Waals surface area (Å²) in [6, 6.07) is 6.45. The van der Waals surface area contributed by atoms with Crippen LogP contribution in [-0.2, 0) is 0 Å². The number of nitrogens with one attached hydrogen (secondary N) is 1. The van der Waals surface area contributed by atoms with E-state index in [1.54, 1.807) is 17.3 Å². The van der Waals surface area contributed by atoms with E-state index in [-0.39, 0.29) is 23.3 Å². The molecule has 3 rings (SSSR count). The average Bonchev–Trinajstić information content (AvgIpc) is 2.57. The molecule has 114 valence electrons. The van der Waals surface area contributed by atoms with Crippen molar-refractivity contribution in [1.29, 1.82) is 0 Å². The fourth-order valence-corrected chi connectivity index (χ4v) is 2.41. The van der Waals surface area contributed by atoms with E-state index in [4.69, 9.17) is 4.74 Å². The van der Waals surface area contributed by atoms with E-state index >= 15 is 0 Å². The first kappa shape index (κ1) is 14.2. The number of H-pyrrole nitrogens is 1. The molecule has 2 aromatic heterocycles. The maximum Gasteiger partial charge on any atom is 0.274 e. The highest BCUT2D eigenvalue weighted by atomic mass is 16.5. The molecular formula is C15H16N4O3. The lowest BCUT2D eigenvalue weighted by Crippen LogP contribution is -2.42. The zero-order valence-electron chi connectivity index (χ0n) is 11.9. The second-order valence-electron chi connectivity index (χ2n) is 5.10. The van der Waals surface area contributed by atoms with Crippen LogP contribution in [0.2, 0.25) is 0 Å². The highest BCUT2D eigenvalue weighted by Crippen LogP contribution is 2.18. The predicted octanol–water partition coefficient (Wildman–Crippen LogP) is 0.848. The molecule has 22 heavy (non-hydrogen) atoms. The van der Waals surface area contributed by atoms with Crippen LogP contribution >= 0.6 is 0 Å². The first-order chi connectivity index (χ1) is 10.7. The number of carbonyl (C=O) groups excluding carboxylic acids is 1. The van der Waals surface area contributed by atoms with Gasteiger partial charge < -0.3 is 9.64 Å². The molecule has 0 radical (unpaired) electrons. The number of aromatic nitrogens is 3. The number of amides is 1. The number of piperidine rings is 1. The summed E-state index contributed by atoms with van der Waals surface area (Å²) in [6.45, 7) is 1.20. The molecule has 0 aliphatic carbocycles. The summed E-state index contributed by atoms with van der Waals surface area (Å²) in [5, 5.41) is 6.05. The molecule has 1 aliphatic rings. The van der Waals surface area contributed by atoms with Crippen molar-refractivity contribution in [3.63, 3.8) is 0 Å². The second-order valence-corrected chi connectivity index (χ2v) is 5.10. The Kier molecular flexibility index (Phi) is 4.13. The molecule has 1 saturated heterocycles. The number of hydrogen-bond acceptors (Lipinski definition) is 5. The largest absolute Gasteiger partial charge is 0.489 e. The van der Waals surface area contributed by atoms with Crippen molar-refractivity contribution in [2.75, 3.05) is 13.1 Å². The molecule has 3 heterocycles. The molecule has 0 spiro atoms. The minimum Gasteiger partial charge on any atom is -0.489 e. The van der Waals surface area contributed by atoms with E-state index in [2.05, 4.69) is 15.2 Å². The van der Waals surface area contributed by atoms with Gasteiger partial charge >= 0.3 is 0 Å². The lowest BCUT2D eigenvalue weighted by molar-refractivity contribution is 0.0588. The number of pyridine rings is 1. The summed E-state index contributed by atoms with van der Waals surface area (Å²) in [4.78, 5) is 29.0. The van der Waals surface area contributed by atoms with Gasteiger partial charge in [-0.15, -0.1) is 0 Å². The number of carbonyl (C=O) groups is 1. The summed E-state index contributed by atoms with van der Waals surface area (Å²) >= 11 is 0. The molecular weight excluding hydrogens is 284 g/mol. The van der Waals surface area contributed by atoms with Gasteiger partial charge in [-0.25, -0.2) is 5.10 Å². The predicted molar refractivity (Wildman–Crippen MR) is 78.6 cm³/mol. The van der Waals surface area contributed by atoms with Crippen molar-refractivity contribution in [2.45, 2.75) is 18.9 Å². The Morgan fingerprint density at radius 3 is 2.73 bits per heavy atom. The summed E-state index contributed by atoms with van der Waals surface area (Å²) in [7, 11) is 0. The van der Waals surface area contributed by atoms with Gasteiger partial charge in [0.15, 0.2) is 0 Å². The van der Waals surface area contributed by atoms with E-state index in [0.29, 0.717) is 13.1 Å². The van der Waals surface area contributed by atoms with Gasteiger partial charge in [-0.3, -0.25) is 14.6 Å². The van der Waals surface area contributed by atoms with E-state index in [0.717, 1.165) is 18.6 Å². The summed E-state index contributed by atoms with van der Waals surface area (Å²) in [6.07, 6.45) is 4.97. The summed E-state index contributed by atoms with van der Waals surface area (Å²) in [5.74, 6) is 0.575. The van der Waals surface area contributed by atoms with Crippen LogP contribution in [0, 0.1) is 0 Å².